The lowest BCUT2D eigenvalue weighted by Gasteiger charge is -2.28. The quantitative estimate of drug-likeness (QED) is 0.629. The zero-order valence-corrected chi connectivity index (χ0v) is 16.2. The second-order valence-electron chi connectivity index (χ2n) is 6.76. The molecule has 1 heterocycles. The van der Waals surface area contributed by atoms with Crippen molar-refractivity contribution >= 4 is 17.4 Å². The Hall–Kier alpha value is -3.34. The van der Waals surface area contributed by atoms with Crippen molar-refractivity contribution in [3.05, 3.63) is 84.6 Å². The molecule has 0 aliphatic rings. The smallest absolute Gasteiger partial charge is 0.262 e. The Labute approximate surface area is 166 Å². The zero-order chi connectivity index (χ0) is 19.8. The van der Waals surface area contributed by atoms with Crippen molar-refractivity contribution in [1.82, 2.24) is 4.98 Å². The molecular formula is C23H25N3O2. The van der Waals surface area contributed by atoms with Crippen LogP contribution < -0.4 is 15.0 Å². The first-order valence-electron chi connectivity index (χ1n) is 9.36. The van der Waals surface area contributed by atoms with Gasteiger partial charge in [0.25, 0.3) is 5.91 Å². The number of rotatable bonds is 8. The third-order valence-electron chi connectivity index (χ3n) is 4.26. The highest BCUT2D eigenvalue weighted by Gasteiger charge is 2.13. The van der Waals surface area contributed by atoms with E-state index in [1.807, 2.05) is 60.7 Å². The summed E-state index contributed by atoms with van der Waals surface area (Å²) in [7, 11) is 0. The van der Waals surface area contributed by atoms with Gasteiger partial charge < -0.3 is 15.0 Å². The van der Waals surface area contributed by atoms with Gasteiger partial charge in [0.1, 0.15) is 11.6 Å². The summed E-state index contributed by atoms with van der Waals surface area (Å²) in [5.41, 5.74) is 1.88. The number of amides is 1. The molecule has 0 saturated carbocycles. The van der Waals surface area contributed by atoms with Crippen LogP contribution in [-0.2, 0) is 11.3 Å². The molecule has 3 rings (SSSR count). The van der Waals surface area contributed by atoms with Crippen LogP contribution in [0.4, 0.5) is 11.5 Å². The Morgan fingerprint density at radius 3 is 2.29 bits per heavy atom. The first-order valence-corrected chi connectivity index (χ1v) is 9.36. The van der Waals surface area contributed by atoms with Gasteiger partial charge in [-0.1, -0.05) is 48.5 Å². The summed E-state index contributed by atoms with van der Waals surface area (Å²) in [5.74, 6) is 1.32. The van der Waals surface area contributed by atoms with E-state index in [0.29, 0.717) is 17.5 Å². The van der Waals surface area contributed by atoms with E-state index in [1.54, 1.807) is 6.20 Å². The summed E-state index contributed by atoms with van der Waals surface area (Å²) in [4.78, 5) is 18.8. The molecule has 0 bridgehead atoms. The molecule has 0 saturated heterocycles. The maximum atomic E-state index is 12.1. The number of aromatic nitrogens is 1. The van der Waals surface area contributed by atoms with Gasteiger partial charge in [-0.3, -0.25) is 4.79 Å². The lowest BCUT2D eigenvalue weighted by molar-refractivity contribution is -0.118. The monoisotopic (exact) mass is 375 g/mol. The largest absolute Gasteiger partial charge is 0.484 e. The fraction of sp³-hybridized carbons (Fsp3) is 0.217. The van der Waals surface area contributed by atoms with Crippen LogP contribution in [0, 0.1) is 0 Å². The molecule has 2 aromatic carbocycles. The van der Waals surface area contributed by atoms with Crippen LogP contribution in [0.1, 0.15) is 19.4 Å². The molecule has 1 aromatic heterocycles. The molecule has 1 N–H and O–H groups in total. The van der Waals surface area contributed by atoms with Crippen LogP contribution in [0.5, 0.6) is 5.75 Å². The second-order valence-corrected chi connectivity index (χ2v) is 6.76. The van der Waals surface area contributed by atoms with Gasteiger partial charge in [-0.05, 0) is 43.7 Å². The van der Waals surface area contributed by atoms with E-state index >= 15 is 0 Å². The molecule has 144 valence electrons. The topological polar surface area (TPSA) is 54.5 Å². The van der Waals surface area contributed by atoms with Gasteiger partial charge in [0.2, 0.25) is 0 Å². The van der Waals surface area contributed by atoms with Gasteiger partial charge in [0, 0.05) is 12.6 Å². The van der Waals surface area contributed by atoms with Crippen LogP contribution in [0.15, 0.2) is 79.0 Å². The number of benzene rings is 2. The number of nitrogens with one attached hydrogen (secondary N) is 1. The predicted octanol–water partition coefficient (Wildman–Crippen LogP) is 4.51. The number of carbonyl (C=O) groups is 1. The second kappa shape index (κ2) is 9.55. The minimum absolute atomic E-state index is 0.0438. The van der Waals surface area contributed by atoms with E-state index in [2.05, 4.69) is 41.2 Å². The Bertz CT molecular complexity index is 865. The molecule has 28 heavy (non-hydrogen) atoms. The molecule has 0 spiro atoms. The lowest BCUT2D eigenvalue weighted by atomic mass is 10.2. The van der Waals surface area contributed by atoms with Crippen molar-refractivity contribution in [2.45, 2.75) is 26.4 Å². The highest BCUT2D eigenvalue weighted by Crippen LogP contribution is 2.19. The van der Waals surface area contributed by atoms with Gasteiger partial charge in [-0.2, -0.15) is 0 Å². The van der Waals surface area contributed by atoms with Crippen molar-refractivity contribution in [1.29, 1.82) is 0 Å². The predicted molar refractivity (Wildman–Crippen MR) is 113 cm³/mol. The Balaban J connectivity index is 1.59. The molecule has 0 fully saturated rings. The third-order valence-corrected chi connectivity index (χ3v) is 4.26. The van der Waals surface area contributed by atoms with Crippen molar-refractivity contribution < 1.29 is 9.53 Å². The summed E-state index contributed by atoms with van der Waals surface area (Å²) in [6, 6.07) is 23.7. The molecule has 1 amide bonds. The van der Waals surface area contributed by atoms with Crippen LogP contribution in [-0.4, -0.2) is 23.5 Å². The minimum Gasteiger partial charge on any atom is -0.484 e. The fourth-order valence-electron chi connectivity index (χ4n) is 2.80. The summed E-state index contributed by atoms with van der Waals surface area (Å²) in [6.45, 7) is 5.02. The molecule has 0 aliphatic carbocycles. The van der Waals surface area contributed by atoms with Crippen LogP contribution in [0.2, 0.25) is 0 Å². The van der Waals surface area contributed by atoms with Crippen LogP contribution >= 0.6 is 0 Å². The van der Waals surface area contributed by atoms with Crippen molar-refractivity contribution in [2.75, 3.05) is 16.8 Å². The number of nitrogens with zero attached hydrogens (tertiary/aromatic N) is 2. The number of hydrogen-bond acceptors (Lipinski definition) is 4. The van der Waals surface area contributed by atoms with E-state index in [1.165, 1.54) is 5.56 Å². The van der Waals surface area contributed by atoms with Crippen molar-refractivity contribution in [2.24, 2.45) is 0 Å². The maximum absolute atomic E-state index is 12.1. The molecule has 0 radical (unpaired) electrons. The Morgan fingerprint density at radius 2 is 1.68 bits per heavy atom. The first-order chi connectivity index (χ1) is 13.6. The number of ether oxygens (including phenoxy) is 1. The average Bonchev–Trinajstić information content (AvgIpc) is 2.72. The standard InChI is InChI=1S/C23H25N3O2/c1-18(2)26(16-19-9-5-3-6-10-19)22-14-13-20(15-24-22)25-23(27)17-28-21-11-7-4-8-12-21/h3-15,18H,16-17H2,1-2H3,(H,25,27). The molecule has 0 unspecified atom stereocenters. The van der Waals surface area contributed by atoms with Crippen molar-refractivity contribution in [3.63, 3.8) is 0 Å². The molecular weight excluding hydrogens is 350 g/mol. The van der Waals surface area contributed by atoms with Gasteiger partial charge in [-0.25, -0.2) is 4.98 Å². The summed E-state index contributed by atoms with van der Waals surface area (Å²) >= 11 is 0. The van der Waals surface area contributed by atoms with Crippen molar-refractivity contribution in [3.8, 4) is 5.75 Å². The van der Waals surface area contributed by atoms with E-state index in [0.717, 1.165) is 12.4 Å². The van der Waals surface area contributed by atoms with Gasteiger partial charge >= 0.3 is 0 Å². The fourth-order valence-corrected chi connectivity index (χ4v) is 2.80. The molecule has 5 nitrogen and oxygen atoms in total. The average molecular weight is 375 g/mol. The van der Waals surface area contributed by atoms with Crippen LogP contribution in [0.3, 0.4) is 0 Å². The van der Waals surface area contributed by atoms with Crippen LogP contribution in [0.25, 0.3) is 0 Å². The minimum atomic E-state index is -0.219. The first kappa shape index (κ1) is 19.4. The summed E-state index contributed by atoms with van der Waals surface area (Å²) in [5, 5.41) is 2.81. The van der Waals surface area contributed by atoms with Gasteiger partial charge in [-0.15, -0.1) is 0 Å². The Morgan fingerprint density at radius 1 is 1.00 bits per heavy atom. The van der Waals surface area contributed by atoms with E-state index in [4.69, 9.17) is 4.74 Å². The number of anilines is 2. The third kappa shape index (κ3) is 5.58. The normalized spacial score (nSPS) is 10.5. The highest BCUT2D eigenvalue weighted by atomic mass is 16.5. The molecule has 3 aromatic rings. The van der Waals surface area contributed by atoms with E-state index in [-0.39, 0.29) is 12.5 Å². The summed E-state index contributed by atoms with van der Waals surface area (Å²) in [6.07, 6.45) is 1.68. The number of hydrogen-bond donors (Lipinski definition) is 1. The van der Waals surface area contributed by atoms with Gasteiger partial charge in [0.05, 0.1) is 11.9 Å². The number of para-hydroxylation sites is 1. The van der Waals surface area contributed by atoms with E-state index < -0.39 is 0 Å². The number of pyridine rings is 1. The SMILES string of the molecule is CC(C)N(Cc1ccccc1)c1ccc(NC(=O)COc2ccccc2)cn1. The summed E-state index contributed by atoms with van der Waals surface area (Å²) < 4.78 is 5.46. The molecule has 0 atom stereocenters. The maximum Gasteiger partial charge on any atom is 0.262 e. The molecule has 0 aliphatic heterocycles. The highest BCUT2D eigenvalue weighted by molar-refractivity contribution is 5.91. The Kier molecular flexibility index (Phi) is 6.63. The zero-order valence-electron chi connectivity index (χ0n) is 16.2. The number of carbonyl (C=O) groups excluding carboxylic acids is 1. The van der Waals surface area contributed by atoms with E-state index in [9.17, 15) is 4.79 Å². The lowest BCUT2D eigenvalue weighted by Crippen LogP contribution is -2.30. The van der Waals surface area contributed by atoms with Gasteiger partial charge in [0.15, 0.2) is 6.61 Å². The molecule has 5 heteroatoms.